The van der Waals surface area contributed by atoms with Crippen molar-refractivity contribution in [1.29, 1.82) is 0 Å². The van der Waals surface area contributed by atoms with Gasteiger partial charge in [-0.1, -0.05) is 18.2 Å². The van der Waals surface area contributed by atoms with Gasteiger partial charge in [-0.2, -0.15) is 13.2 Å². The molecule has 15 heteroatoms. The van der Waals surface area contributed by atoms with E-state index in [1.54, 1.807) is 29.2 Å². The van der Waals surface area contributed by atoms with Crippen LogP contribution in [0.15, 0.2) is 78.1 Å². The predicted octanol–water partition coefficient (Wildman–Crippen LogP) is 6.72. The SMILES string of the molecule is COc1ccc(CN(c2ccncn2)S(=O)(=O)c2cc(F)c(N3CCC[C@@](CCc4cccc(C(F)(F)F)c4)(N(C)C)C3)cc2F)c(OC)c1. The molecule has 1 aliphatic rings. The minimum atomic E-state index is -4.75. The van der Waals surface area contributed by atoms with Gasteiger partial charge in [0.05, 0.1) is 32.0 Å². The summed E-state index contributed by atoms with van der Waals surface area (Å²) in [4.78, 5) is 10.7. The van der Waals surface area contributed by atoms with Gasteiger partial charge in [-0.15, -0.1) is 0 Å². The van der Waals surface area contributed by atoms with Gasteiger partial charge in [-0.25, -0.2) is 31.5 Å². The van der Waals surface area contributed by atoms with E-state index in [2.05, 4.69) is 9.97 Å². The van der Waals surface area contributed by atoms with Crippen LogP contribution in [0.2, 0.25) is 0 Å². The molecule has 3 aromatic carbocycles. The minimum Gasteiger partial charge on any atom is -0.497 e. The molecule has 4 aromatic rings. The Hall–Kier alpha value is -4.50. The zero-order valence-corrected chi connectivity index (χ0v) is 28.9. The number of sulfonamides is 1. The maximum absolute atomic E-state index is 16.0. The molecule has 0 aliphatic carbocycles. The highest BCUT2D eigenvalue weighted by Crippen LogP contribution is 2.38. The predicted molar refractivity (Wildman–Crippen MR) is 179 cm³/mol. The van der Waals surface area contributed by atoms with Crippen LogP contribution in [0.4, 0.5) is 33.5 Å². The van der Waals surface area contributed by atoms with Gasteiger partial charge in [-0.3, -0.25) is 0 Å². The molecule has 0 radical (unpaired) electrons. The number of likely N-dealkylation sites (N-methyl/N-ethyl adjacent to an activating group) is 1. The van der Waals surface area contributed by atoms with Crippen LogP contribution in [0.25, 0.3) is 0 Å². The van der Waals surface area contributed by atoms with Gasteiger partial charge in [0.2, 0.25) is 0 Å². The largest absolute Gasteiger partial charge is 0.497 e. The number of halogens is 5. The number of aromatic nitrogens is 2. The molecule has 1 atom stereocenters. The summed E-state index contributed by atoms with van der Waals surface area (Å²) in [5.41, 5.74) is -0.497. The Kier molecular flexibility index (Phi) is 10.9. The average molecular weight is 720 g/mol. The normalized spacial score (nSPS) is 16.8. The van der Waals surface area contributed by atoms with E-state index in [9.17, 15) is 21.6 Å². The number of hydrogen-bond acceptors (Lipinski definition) is 8. The molecule has 9 nitrogen and oxygen atoms in total. The molecule has 0 spiro atoms. The number of piperidine rings is 1. The summed E-state index contributed by atoms with van der Waals surface area (Å²) >= 11 is 0. The fourth-order valence-corrected chi connectivity index (χ4v) is 7.78. The average Bonchev–Trinajstić information content (AvgIpc) is 3.10. The number of ether oxygens (including phenoxy) is 2. The van der Waals surface area contributed by atoms with Crippen LogP contribution in [0, 0.1) is 11.6 Å². The second kappa shape index (κ2) is 14.8. The van der Waals surface area contributed by atoms with Crippen LogP contribution in [-0.4, -0.2) is 70.2 Å². The van der Waals surface area contributed by atoms with Crippen molar-refractivity contribution in [2.75, 3.05) is 50.6 Å². The number of hydrogen-bond donors (Lipinski definition) is 0. The third kappa shape index (κ3) is 7.78. The van der Waals surface area contributed by atoms with E-state index in [-0.39, 0.29) is 24.6 Å². The topological polar surface area (TPSA) is 88.1 Å². The molecule has 0 N–H and O–H groups in total. The van der Waals surface area contributed by atoms with Gasteiger partial charge in [0.15, 0.2) is 0 Å². The van der Waals surface area contributed by atoms with Crippen LogP contribution in [0.1, 0.15) is 36.0 Å². The molecule has 5 rings (SSSR count). The van der Waals surface area contributed by atoms with E-state index in [1.807, 2.05) is 19.0 Å². The Morgan fingerprint density at radius 1 is 0.980 bits per heavy atom. The second-order valence-electron chi connectivity index (χ2n) is 12.3. The first-order chi connectivity index (χ1) is 23.7. The highest BCUT2D eigenvalue weighted by atomic mass is 32.2. The molecule has 0 bridgehead atoms. The van der Waals surface area contributed by atoms with Gasteiger partial charge in [-0.05, 0) is 69.6 Å². The molecule has 50 heavy (non-hydrogen) atoms. The van der Waals surface area contributed by atoms with Crippen LogP contribution >= 0.6 is 0 Å². The van der Waals surface area contributed by atoms with Gasteiger partial charge in [0.1, 0.15) is 40.2 Å². The van der Waals surface area contributed by atoms with Crippen LogP contribution < -0.4 is 18.7 Å². The molecule has 1 fully saturated rings. The molecule has 0 saturated carbocycles. The fraction of sp³-hybridized carbons (Fsp3) is 0.371. The maximum atomic E-state index is 16.0. The Morgan fingerprint density at radius 2 is 1.76 bits per heavy atom. The van der Waals surface area contributed by atoms with Crippen molar-refractivity contribution in [2.45, 2.75) is 48.8 Å². The lowest BCUT2D eigenvalue weighted by Gasteiger charge is -2.48. The van der Waals surface area contributed by atoms with Crippen LogP contribution in [0.3, 0.4) is 0 Å². The van der Waals surface area contributed by atoms with Gasteiger partial charge >= 0.3 is 6.18 Å². The van der Waals surface area contributed by atoms with Crippen molar-refractivity contribution >= 4 is 21.5 Å². The smallest absolute Gasteiger partial charge is 0.416 e. The molecular weight excluding hydrogens is 681 g/mol. The summed E-state index contributed by atoms with van der Waals surface area (Å²) in [5, 5.41) is 0. The minimum absolute atomic E-state index is 0.0747. The maximum Gasteiger partial charge on any atom is 0.416 e. The number of aryl methyl sites for hydroxylation is 1. The lowest BCUT2D eigenvalue weighted by Crippen LogP contribution is -2.56. The van der Waals surface area contributed by atoms with Crippen molar-refractivity contribution in [3.8, 4) is 11.5 Å². The third-order valence-electron chi connectivity index (χ3n) is 9.18. The van der Waals surface area contributed by atoms with Crippen LogP contribution in [-0.2, 0) is 29.2 Å². The molecule has 0 unspecified atom stereocenters. The quantitative estimate of drug-likeness (QED) is 0.149. The zero-order chi connectivity index (χ0) is 36.3. The number of alkyl halides is 3. The molecule has 2 heterocycles. The monoisotopic (exact) mass is 719 g/mol. The van der Waals surface area contributed by atoms with E-state index >= 15 is 8.78 Å². The lowest BCUT2D eigenvalue weighted by molar-refractivity contribution is -0.137. The zero-order valence-electron chi connectivity index (χ0n) is 28.0. The summed E-state index contributed by atoms with van der Waals surface area (Å²) in [5.74, 6) is -1.40. The summed E-state index contributed by atoms with van der Waals surface area (Å²) in [6.45, 7) is 0.274. The standard InChI is InChI=1S/C35H38F5N5O4S/c1-43(2)34(14-11-24-7-5-8-26(17-24)35(38,39)40)13-6-16-44(22-34)30-19-29(37)32(20-28(30)36)50(46,47)45(33-12-15-41-23-42-33)21-25-9-10-27(48-3)18-31(25)49-4/h5,7-10,12,15,17-20,23H,6,11,13-14,16,21-22H2,1-4H3/t34-/m0/s1. The summed E-state index contributed by atoms with van der Waals surface area (Å²) in [6, 6.07) is 12.9. The number of anilines is 2. The summed E-state index contributed by atoms with van der Waals surface area (Å²) in [6.07, 6.45) is 0.0628. The fourth-order valence-electron chi connectivity index (χ4n) is 6.33. The van der Waals surface area contributed by atoms with E-state index in [0.29, 0.717) is 60.9 Å². The summed E-state index contributed by atoms with van der Waals surface area (Å²) < 4.78 is 112. The Labute approximate surface area is 288 Å². The van der Waals surface area contributed by atoms with Crippen molar-refractivity contribution in [3.05, 3.63) is 102 Å². The number of rotatable bonds is 12. The molecule has 1 aliphatic heterocycles. The van der Waals surface area contributed by atoms with Crippen molar-refractivity contribution < 1.29 is 39.8 Å². The number of nitrogens with zero attached hydrogens (tertiary/aromatic N) is 5. The van der Waals surface area contributed by atoms with E-state index in [4.69, 9.17) is 9.47 Å². The highest BCUT2D eigenvalue weighted by Gasteiger charge is 2.39. The Bertz CT molecular complexity index is 1910. The molecule has 0 amide bonds. The summed E-state index contributed by atoms with van der Waals surface area (Å²) in [7, 11) is 1.83. The third-order valence-corrected chi connectivity index (χ3v) is 10.9. The Balaban J connectivity index is 1.45. The van der Waals surface area contributed by atoms with E-state index in [1.165, 1.54) is 32.5 Å². The first-order valence-electron chi connectivity index (χ1n) is 15.8. The first-order valence-corrected chi connectivity index (χ1v) is 17.2. The molecule has 268 valence electrons. The van der Waals surface area contributed by atoms with Crippen molar-refractivity contribution in [3.63, 3.8) is 0 Å². The number of benzene rings is 3. The second-order valence-corrected chi connectivity index (χ2v) is 14.2. The first kappa shape index (κ1) is 36.8. The molecule has 1 aromatic heterocycles. The van der Waals surface area contributed by atoms with E-state index < -0.39 is 43.8 Å². The van der Waals surface area contributed by atoms with Crippen molar-refractivity contribution in [2.24, 2.45) is 0 Å². The van der Waals surface area contributed by atoms with Gasteiger partial charge in [0, 0.05) is 48.6 Å². The lowest BCUT2D eigenvalue weighted by atomic mass is 9.82. The highest BCUT2D eigenvalue weighted by molar-refractivity contribution is 7.92. The van der Waals surface area contributed by atoms with Gasteiger partial charge < -0.3 is 19.3 Å². The Morgan fingerprint density at radius 3 is 2.42 bits per heavy atom. The molecular formula is C35H38F5N5O4S. The van der Waals surface area contributed by atoms with Crippen molar-refractivity contribution in [1.82, 2.24) is 14.9 Å². The van der Waals surface area contributed by atoms with E-state index in [0.717, 1.165) is 28.8 Å². The number of methoxy groups -OCH3 is 2. The van der Waals surface area contributed by atoms with Crippen LogP contribution in [0.5, 0.6) is 11.5 Å². The molecule has 1 saturated heterocycles. The van der Waals surface area contributed by atoms with Gasteiger partial charge in [0.25, 0.3) is 10.0 Å².